The molecule has 30 heavy (non-hydrogen) atoms. The van der Waals surface area contributed by atoms with Crippen molar-refractivity contribution in [2.45, 2.75) is 13.0 Å². The molecule has 2 aromatic heterocycles. The van der Waals surface area contributed by atoms with Crippen molar-refractivity contribution in [2.24, 2.45) is 0 Å². The van der Waals surface area contributed by atoms with E-state index in [2.05, 4.69) is 15.3 Å². The molecule has 1 unspecified atom stereocenters. The Morgan fingerprint density at radius 3 is 2.73 bits per heavy atom. The number of thiazole rings is 1. The van der Waals surface area contributed by atoms with Crippen LogP contribution >= 0.6 is 11.3 Å². The van der Waals surface area contributed by atoms with Gasteiger partial charge in [-0.15, -0.1) is 11.3 Å². The maximum absolute atomic E-state index is 12.4. The van der Waals surface area contributed by atoms with Crippen molar-refractivity contribution in [1.29, 1.82) is 0 Å². The predicted octanol–water partition coefficient (Wildman–Crippen LogP) is 4.14. The van der Waals surface area contributed by atoms with Gasteiger partial charge in [0.25, 0.3) is 5.91 Å². The molecule has 152 valence electrons. The van der Waals surface area contributed by atoms with Gasteiger partial charge >= 0.3 is 5.97 Å². The SMILES string of the molecule is COc1ccc(-c2csc(NC(=O)C(C)OC(=O)c3ccc4ocnc4c3)n2)cc1. The van der Waals surface area contributed by atoms with Gasteiger partial charge in [0.2, 0.25) is 0 Å². The third-order valence-electron chi connectivity index (χ3n) is 4.34. The van der Waals surface area contributed by atoms with Crippen molar-refractivity contribution in [3.8, 4) is 17.0 Å². The number of rotatable bonds is 6. The number of carbonyl (C=O) groups is 2. The van der Waals surface area contributed by atoms with Gasteiger partial charge in [0.05, 0.1) is 18.4 Å². The zero-order chi connectivity index (χ0) is 21.1. The van der Waals surface area contributed by atoms with Crippen LogP contribution in [-0.4, -0.2) is 35.1 Å². The van der Waals surface area contributed by atoms with Gasteiger partial charge in [-0.3, -0.25) is 10.1 Å². The number of amides is 1. The molecular weight excluding hydrogens is 406 g/mol. The minimum absolute atomic E-state index is 0.284. The molecule has 0 aliphatic carbocycles. The van der Waals surface area contributed by atoms with Gasteiger partial charge < -0.3 is 13.9 Å². The molecule has 1 atom stereocenters. The van der Waals surface area contributed by atoms with Gasteiger partial charge in [-0.05, 0) is 49.4 Å². The standard InChI is InChI=1S/C21H17N3O5S/c1-12(29-20(26)14-5-8-18-16(9-14)22-11-28-18)19(25)24-21-23-17(10-30-21)13-3-6-15(27-2)7-4-13/h3-12H,1-2H3,(H,23,24,25). The molecule has 2 aromatic carbocycles. The van der Waals surface area contributed by atoms with Crippen LogP contribution in [0.4, 0.5) is 5.13 Å². The maximum atomic E-state index is 12.4. The van der Waals surface area contributed by atoms with Crippen molar-refractivity contribution in [3.05, 3.63) is 59.8 Å². The highest BCUT2D eigenvalue weighted by molar-refractivity contribution is 7.14. The lowest BCUT2D eigenvalue weighted by Gasteiger charge is -2.12. The summed E-state index contributed by atoms with van der Waals surface area (Å²) in [7, 11) is 1.60. The number of aromatic nitrogens is 2. The molecule has 0 aliphatic rings. The van der Waals surface area contributed by atoms with Gasteiger partial charge in [0.15, 0.2) is 23.2 Å². The normalized spacial score (nSPS) is 11.8. The molecule has 2 heterocycles. The fourth-order valence-electron chi connectivity index (χ4n) is 2.70. The quantitative estimate of drug-likeness (QED) is 0.465. The summed E-state index contributed by atoms with van der Waals surface area (Å²) < 4.78 is 15.6. The molecule has 4 aromatic rings. The number of hydrogen-bond acceptors (Lipinski definition) is 8. The molecule has 1 amide bonds. The second-order valence-electron chi connectivity index (χ2n) is 6.34. The van der Waals surface area contributed by atoms with Crippen molar-refractivity contribution in [3.63, 3.8) is 0 Å². The minimum atomic E-state index is -1.00. The minimum Gasteiger partial charge on any atom is -0.497 e. The summed E-state index contributed by atoms with van der Waals surface area (Å²) in [6.07, 6.45) is 0.295. The fraction of sp³-hybridized carbons (Fsp3) is 0.143. The molecule has 0 saturated heterocycles. The maximum Gasteiger partial charge on any atom is 0.338 e. The number of oxazole rings is 1. The van der Waals surface area contributed by atoms with Gasteiger partial charge in [0.1, 0.15) is 11.3 Å². The first kappa shape index (κ1) is 19.6. The summed E-state index contributed by atoms with van der Waals surface area (Å²) in [5, 5.41) is 4.93. The van der Waals surface area contributed by atoms with Gasteiger partial charge in [-0.25, -0.2) is 14.8 Å². The first-order chi connectivity index (χ1) is 14.5. The van der Waals surface area contributed by atoms with Gasteiger partial charge in [0, 0.05) is 10.9 Å². The molecular formula is C21H17N3O5S. The Balaban J connectivity index is 1.38. The van der Waals surface area contributed by atoms with Crippen molar-refractivity contribution >= 4 is 39.4 Å². The second-order valence-corrected chi connectivity index (χ2v) is 7.20. The molecule has 9 heteroatoms. The Labute approximate surface area is 175 Å². The number of nitrogens with one attached hydrogen (secondary N) is 1. The van der Waals surface area contributed by atoms with Crippen LogP contribution in [0.2, 0.25) is 0 Å². The van der Waals surface area contributed by atoms with Crippen LogP contribution < -0.4 is 10.1 Å². The summed E-state index contributed by atoms with van der Waals surface area (Å²) in [5.74, 6) is -0.344. The average Bonchev–Trinajstić information content (AvgIpc) is 3.42. The highest BCUT2D eigenvalue weighted by Crippen LogP contribution is 2.26. The Kier molecular flexibility index (Phi) is 5.44. The van der Waals surface area contributed by atoms with Crippen molar-refractivity contribution in [1.82, 2.24) is 9.97 Å². The van der Waals surface area contributed by atoms with Crippen LogP contribution in [-0.2, 0) is 9.53 Å². The zero-order valence-corrected chi connectivity index (χ0v) is 16.9. The van der Waals surface area contributed by atoms with Crippen molar-refractivity contribution < 1.29 is 23.5 Å². The number of methoxy groups -OCH3 is 1. The van der Waals surface area contributed by atoms with Gasteiger partial charge in [-0.1, -0.05) is 0 Å². The van der Waals surface area contributed by atoms with Crippen LogP contribution in [0.25, 0.3) is 22.4 Å². The van der Waals surface area contributed by atoms with E-state index in [1.165, 1.54) is 24.7 Å². The first-order valence-electron chi connectivity index (χ1n) is 8.98. The summed E-state index contributed by atoms with van der Waals surface area (Å²) in [6, 6.07) is 12.2. The number of hydrogen-bond donors (Lipinski definition) is 1. The van der Waals surface area contributed by atoms with E-state index >= 15 is 0 Å². The van der Waals surface area contributed by atoms with E-state index in [9.17, 15) is 9.59 Å². The molecule has 0 aliphatic heterocycles. The van der Waals surface area contributed by atoms with Crippen molar-refractivity contribution in [2.75, 3.05) is 12.4 Å². The van der Waals surface area contributed by atoms with E-state index in [-0.39, 0.29) is 5.56 Å². The number of carbonyl (C=O) groups excluding carboxylic acids is 2. The van der Waals surface area contributed by atoms with Crippen LogP contribution in [0.15, 0.2) is 58.7 Å². The lowest BCUT2D eigenvalue weighted by molar-refractivity contribution is -0.123. The Morgan fingerprint density at radius 1 is 1.17 bits per heavy atom. The number of fused-ring (bicyclic) bond motifs is 1. The average molecular weight is 423 g/mol. The number of esters is 1. The fourth-order valence-corrected chi connectivity index (χ4v) is 3.42. The largest absolute Gasteiger partial charge is 0.497 e. The molecule has 1 N–H and O–H groups in total. The monoisotopic (exact) mass is 423 g/mol. The predicted molar refractivity (Wildman–Crippen MR) is 112 cm³/mol. The van der Waals surface area contributed by atoms with E-state index in [0.717, 1.165) is 17.0 Å². The van der Waals surface area contributed by atoms with E-state index in [4.69, 9.17) is 13.9 Å². The molecule has 4 rings (SSSR count). The first-order valence-corrected chi connectivity index (χ1v) is 9.86. The molecule has 8 nitrogen and oxygen atoms in total. The Hall–Kier alpha value is -3.72. The topological polar surface area (TPSA) is 104 Å². The Morgan fingerprint density at radius 2 is 1.97 bits per heavy atom. The smallest absolute Gasteiger partial charge is 0.338 e. The summed E-state index contributed by atoms with van der Waals surface area (Å²) in [6.45, 7) is 1.50. The summed E-state index contributed by atoms with van der Waals surface area (Å²) in [5.41, 5.74) is 3.01. The number of ether oxygens (including phenoxy) is 2. The molecule has 0 fully saturated rings. The highest BCUT2D eigenvalue weighted by atomic mass is 32.1. The summed E-state index contributed by atoms with van der Waals surface area (Å²) in [4.78, 5) is 33.2. The summed E-state index contributed by atoms with van der Waals surface area (Å²) >= 11 is 1.28. The number of benzene rings is 2. The lowest BCUT2D eigenvalue weighted by atomic mass is 10.2. The van der Waals surface area contributed by atoms with Crippen LogP contribution in [0.3, 0.4) is 0 Å². The molecule has 0 saturated carbocycles. The van der Waals surface area contributed by atoms with E-state index in [0.29, 0.717) is 16.2 Å². The third kappa shape index (κ3) is 4.15. The van der Waals surface area contributed by atoms with E-state index < -0.39 is 18.0 Å². The van der Waals surface area contributed by atoms with E-state index in [1.807, 2.05) is 29.6 Å². The van der Waals surface area contributed by atoms with Crippen LogP contribution in [0.1, 0.15) is 17.3 Å². The highest BCUT2D eigenvalue weighted by Gasteiger charge is 2.21. The van der Waals surface area contributed by atoms with Crippen LogP contribution in [0.5, 0.6) is 5.75 Å². The Bertz CT molecular complexity index is 1200. The van der Waals surface area contributed by atoms with E-state index in [1.54, 1.807) is 25.3 Å². The number of nitrogens with zero attached hydrogens (tertiary/aromatic N) is 2. The van der Waals surface area contributed by atoms with Crippen LogP contribution in [0, 0.1) is 0 Å². The lowest BCUT2D eigenvalue weighted by Crippen LogP contribution is -2.29. The molecule has 0 radical (unpaired) electrons. The third-order valence-corrected chi connectivity index (χ3v) is 5.10. The zero-order valence-electron chi connectivity index (χ0n) is 16.1. The molecule has 0 spiro atoms. The van der Waals surface area contributed by atoms with Gasteiger partial charge in [-0.2, -0.15) is 0 Å². The second kappa shape index (κ2) is 8.34. The number of anilines is 1. The molecule has 0 bridgehead atoms.